The lowest BCUT2D eigenvalue weighted by atomic mass is 10.1. The van der Waals surface area contributed by atoms with Crippen molar-refractivity contribution in [2.75, 3.05) is 4.90 Å². The van der Waals surface area contributed by atoms with E-state index in [-0.39, 0.29) is 5.56 Å². The quantitative estimate of drug-likeness (QED) is 0.493. The Morgan fingerprint density at radius 2 is 2.16 bits per heavy atom. The van der Waals surface area contributed by atoms with Crippen LogP contribution in [0.2, 0.25) is 0 Å². The Morgan fingerprint density at radius 1 is 1.47 bits per heavy atom. The number of nitrogens with one attached hydrogen (secondary N) is 1. The maximum absolute atomic E-state index is 13.6. The van der Waals surface area contributed by atoms with E-state index in [1.54, 1.807) is 13.1 Å². The zero-order valence-corrected chi connectivity index (χ0v) is 12.2. The van der Waals surface area contributed by atoms with Gasteiger partial charge in [-0.1, -0.05) is 22.0 Å². The van der Waals surface area contributed by atoms with Crippen molar-refractivity contribution in [2.24, 2.45) is 0 Å². The number of alkyl halides is 2. The zero-order valence-electron chi connectivity index (χ0n) is 10.6. The van der Waals surface area contributed by atoms with Crippen molar-refractivity contribution in [2.45, 2.75) is 19.8 Å². The summed E-state index contributed by atoms with van der Waals surface area (Å²) in [6, 6.07) is 2.75. The second-order valence-corrected chi connectivity index (χ2v) is 5.03. The third-order valence-corrected chi connectivity index (χ3v) is 2.43. The van der Waals surface area contributed by atoms with E-state index in [1.165, 1.54) is 30.0 Å². The third kappa shape index (κ3) is 4.24. The van der Waals surface area contributed by atoms with Crippen molar-refractivity contribution in [3.8, 4) is 0 Å². The summed E-state index contributed by atoms with van der Waals surface area (Å²) in [6.45, 7) is 3.33. The Balaban J connectivity index is 3.05. The smallest absolute Gasteiger partial charge is 0.292 e. The number of hydrogen-bond donors (Lipinski definition) is 1. The van der Waals surface area contributed by atoms with E-state index in [4.69, 9.17) is 5.41 Å². The fourth-order valence-corrected chi connectivity index (χ4v) is 1.62. The molecular weight excluding hydrogens is 316 g/mol. The molecule has 0 saturated heterocycles. The van der Waals surface area contributed by atoms with Crippen LogP contribution in [0, 0.1) is 5.41 Å². The predicted molar refractivity (Wildman–Crippen MR) is 76.9 cm³/mol. The van der Waals surface area contributed by atoms with Gasteiger partial charge in [0, 0.05) is 22.4 Å². The number of halogens is 3. The second-order valence-electron chi connectivity index (χ2n) is 3.78. The molecule has 0 bridgehead atoms. The molecule has 0 saturated carbocycles. The average Bonchev–Trinajstić information content (AvgIpc) is 2.36. The van der Waals surface area contributed by atoms with Crippen LogP contribution in [0.25, 0.3) is 0 Å². The summed E-state index contributed by atoms with van der Waals surface area (Å²) in [6.07, 6.45) is 5.91. The van der Waals surface area contributed by atoms with Crippen molar-refractivity contribution in [1.82, 2.24) is 4.98 Å². The molecule has 0 aliphatic carbocycles. The molecule has 0 amide bonds. The molecule has 1 heterocycles. The largest absolute Gasteiger partial charge is 0.293 e. The first-order valence-electron chi connectivity index (χ1n) is 5.51. The SMILES string of the molecule is C/C=C/C(F)(F)c1ccc(N(C=N)/C=C(\C)Br)nc1. The Bertz CT molecular complexity index is 491. The molecule has 0 aliphatic rings. The van der Waals surface area contributed by atoms with Crippen molar-refractivity contribution < 1.29 is 8.78 Å². The van der Waals surface area contributed by atoms with Crippen LogP contribution in [0.3, 0.4) is 0 Å². The summed E-state index contributed by atoms with van der Waals surface area (Å²) in [7, 11) is 0. The number of allylic oxidation sites excluding steroid dienone is 3. The van der Waals surface area contributed by atoms with Gasteiger partial charge in [-0.25, -0.2) is 4.98 Å². The molecule has 3 nitrogen and oxygen atoms in total. The molecular formula is C13H14BrF2N3. The zero-order chi connectivity index (χ0) is 14.5. The minimum atomic E-state index is -3.03. The van der Waals surface area contributed by atoms with E-state index < -0.39 is 5.92 Å². The fraction of sp³-hybridized carbons (Fsp3) is 0.231. The lowest BCUT2D eigenvalue weighted by Gasteiger charge is -2.16. The van der Waals surface area contributed by atoms with E-state index >= 15 is 0 Å². The van der Waals surface area contributed by atoms with Gasteiger partial charge in [-0.3, -0.25) is 10.3 Å². The molecule has 0 unspecified atom stereocenters. The summed E-state index contributed by atoms with van der Waals surface area (Å²) in [4.78, 5) is 5.37. The highest BCUT2D eigenvalue weighted by molar-refractivity contribution is 9.11. The lowest BCUT2D eigenvalue weighted by molar-refractivity contribution is 0.0516. The van der Waals surface area contributed by atoms with Crippen LogP contribution in [0.4, 0.5) is 14.6 Å². The molecule has 1 rings (SSSR count). The Hall–Kier alpha value is -1.56. The van der Waals surface area contributed by atoms with Gasteiger partial charge in [0.15, 0.2) is 0 Å². The molecule has 0 spiro atoms. The molecule has 102 valence electrons. The fourth-order valence-electron chi connectivity index (χ4n) is 1.40. The van der Waals surface area contributed by atoms with Gasteiger partial charge in [-0.05, 0) is 32.1 Å². The second kappa shape index (κ2) is 6.56. The van der Waals surface area contributed by atoms with Crippen LogP contribution in [0.15, 0.2) is 41.2 Å². The normalized spacial score (nSPS) is 12.8. The van der Waals surface area contributed by atoms with E-state index in [9.17, 15) is 8.78 Å². The van der Waals surface area contributed by atoms with Gasteiger partial charge < -0.3 is 0 Å². The van der Waals surface area contributed by atoms with Gasteiger partial charge in [-0.2, -0.15) is 8.78 Å². The topological polar surface area (TPSA) is 40.0 Å². The van der Waals surface area contributed by atoms with Crippen molar-refractivity contribution in [3.63, 3.8) is 0 Å². The Labute approximate surface area is 119 Å². The van der Waals surface area contributed by atoms with Crippen LogP contribution in [0.5, 0.6) is 0 Å². The molecule has 0 aromatic carbocycles. The molecule has 1 aromatic heterocycles. The highest BCUT2D eigenvalue weighted by Gasteiger charge is 2.27. The van der Waals surface area contributed by atoms with Gasteiger partial charge in [0.1, 0.15) is 5.82 Å². The van der Waals surface area contributed by atoms with Gasteiger partial charge in [0.25, 0.3) is 5.92 Å². The molecule has 0 aliphatic heterocycles. The summed E-state index contributed by atoms with van der Waals surface area (Å²) in [5.41, 5.74) is -0.182. The standard InChI is InChI=1S/C13H14BrF2N3/c1-3-6-13(15,16)11-4-5-12(18-7-11)19(9-17)8-10(2)14/h3-9,17H,1-2H3/b6-3+,10-8+,17-9?. The molecule has 6 heteroatoms. The number of nitrogens with zero attached hydrogens (tertiary/aromatic N) is 2. The lowest BCUT2D eigenvalue weighted by Crippen LogP contribution is -2.15. The van der Waals surface area contributed by atoms with Crippen molar-refractivity contribution in [1.29, 1.82) is 5.41 Å². The summed E-state index contributed by atoms with van der Waals surface area (Å²) in [5.74, 6) is -2.63. The molecule has 19 heavy (non-hydrogen) atoms. The molecule has 1 N–H and O–H groups in total. The third-order valence-electron chi connectivity index (χ3n) is 2.23. The van der Waals surface area contributed by atoms with Gasteiger partial charge in [-0.15, -0.1) is 0 Å². The van der Waals surface area contributed by atoms with Crippen molar-refractivity contribution >= 4 is 28.1 Å². The predicted octanol–water partition coefficient (Wildman–Crippen LogP) is 4.42. The van der Waals surface area contributed by atoms with Crippen LogP contribution in [-0.2, 0) is 5.92 Å². The first-order chi connectivity index (χ1) is 8.90. The highest BCUT2D eigenvalue weighted by atomic mass is 79.9. The summed E-state index contributed by atoms with van der Waals surface area (Å²) < 4.78 is 27.9. The first-order valence-corrected chi connectivity index (χ1v) is 6.31. The molecule has 1 aromatic rings. The van der Waals surface area contributed by atoms with Crippen LogP contribution < -0.4 is 4.90 Å². The minimum absolute atomic E-state index is 0.182. The van der Waals surface area contributed by atoms with E-state index in [1.807, 2.05) is 0 Å². The number of hydrogen-bond acceptors (Lipinski definition) is 2. The summed E-state index contributed by atoms with van der Waals surface area (Å²) in [5, 5.41) is 7.27. The van der Waals surface area contributed by atoms with E-state index in [0.717, 1.165) is 23.1 Å². The van der Waals surface area contributed by atoms with E-state index in [2.05, 4.69) is 20.9 Å². The maximum atomic E-state index is 13.6. The number of pyridine rings is 1. The summed E-state index contributed by atoms with van der Waals surface area (Å²) >= 11 is 3.24. The molecule has 0 atom stereocenters. The van der Waals surface area contributed by atoms with Gasteiger partial charge >= 0.3 is 0 Å². The maximum Gasteiger partial charge on any atom is 0.293 e. The highest BCUT2D eigenvalue weighted by Crippen LogP contribution is 2.29. The average molecular weight is 330 g/mol. The first kappa shape index (κ1) is 15.5. The van der Waals surface area contributed by atoms with Crippen molar-refractivity contribution in [3.05, 3.63) is 46.7 Å². The molecule has 0 radical (unpaired) electrons. The van der Waals surface area contributed by atoms with E-state index in [0.29, 0.717) is 5.82 Å². The molecule has 0 fully saturated rings. The number of rotatable bonds is 5. The van der Waals surface area contributed by atoms with Crippen LogP contribution >= 0.6 is 15.9 Å². The Morgan fingerprint density at radius 3 is 2.58 bits per heavy atom. The Kier molecular flexibility index (Phi) is 5.35. The van der Waals surface area contributed by atoms with Gasteiger partial charge in [0.05, 0.1) is 6.34 Å². The number of anilines is 1. The number of aromatic nitrogens is 1. The van der Waals surface area contributed by atoms with Crippen LogP contribution in [-0.4, -0.2) is 11.3 Å². The van der Waals surface area contributed by atoms with Crippen LogP contribution in [0.1, 0.15) is 19.4 Å². The minimum Gasteiger partial charge on any atom is -0.292 e. The van der Waals surface area contributed by atoms with Gasteiger partial charge in [0.2, 0.25) is 0 Å². The monoisotopic (exact) mass is 329 g/mol.